The molecule has 0 bridgehead atoms. The maximum Gasteiger partial charge on any atom is 0.227 e. The zero-order chi connectivity index (χ0) is 24.2. The third kappa shape index (κ3) is 5.04. The molecular weight excluding hydrogens is 436 g/mol. The van der Waals surface area contributed by atoms with Gasteiger partial charge in [0.1, 0.15) is 11.6 Å². The van der Waals surface area contributed by atoms with Crippen molar-refractivity contribution in [1.29, 1.82) is 0 Å². The number of pyridine rings is 1. The first-order valence-corrected chi connectivity index (χ1v) is 12.4. The molecule has 0 unspecified atom stereocenters. The van der Waals surface area contributed by atoms with Crippen LogP contribution in [-0.4, -0.2) is 50.2 Å². The van der Waals surface area contributed by atoms with Gasteiger partial charge in [-0.05, 0) is 48.2 Å². The molecule has 1 saturated carbocycles. The third-order valence-electron chi connectivity index (χ3n) is 6.99. The van der Waals surface area contributed by atoms with E-state index in [-0.39, 0.29) is 5.91 Å². The number of nitrogens with one attached hydrogen (secondary N) is 1. The highest BCUT2D eigenvalue weighted by atomic mass is 16.2. The molecule has 1 N–H and O–H groups in total. The molecule has 0 saturated heterocycles. The van der Waals surface area contributed by atoms with Gasteiger partial charge in [0.05, 0.1) is 13.0 Å². The maximum absolute atomic E-state index is 13.6. The molecule has 2 aromatic heterocycles. The average molecular weight is 469 g/mol. The number of amides is 1. The van der Waals surface area contributed by atoms with E-state index >= 15 is 0 Å². The summed E-state index contributed by atoms with van der Waals surface area (Å²) >= 11 is 0. The van der Waals surface area contributed by atoms with Crippen molar-refractivity contribution in [2.24, 2.45) is 0 Å². The average Bonchev–Trinajstić information content (AvgIpc) is 3.55. The van der Waals surface area contributed by atoms with Gasteiger partial charge in [0.15, 0.2) is 5.82 Å². The first-order valence-electron chi connectivity index (χ1n) is 12.4. The molecule has 1 aliphatic carbocycles. The van der Waals surface area contributed by atoms with Crippen LogP contribution >= 0.6 is 0 Å². The van der Waals surface area contributed by atoms with Crippen LogP contribution in [-0.2, 0) is 17.8 Å². The monoisotopic (exact) mass is 468 g/mol. The fourth-order valence-electron chi connectivity index (χ4n) is 5.10. The Morgan fingerprint density at radius 3 is 2.74 bits per heavy atom. The Balaban J connectivity index is 1.34. The molecule has 2 heterocycles. The van der Waals surface area contributed by atoms with Crippen molar-refractivity contribution in [1.82, 2.24) is 24.6 Å². The molecule has 1 aliphatic rings. The summed E-state index contributed by atoms with van der Waals surface area (Å²) in [5, 5.41) is 10.1. The molecule has 0 atom stereocenters. The van der Waals surface area contributed by atoms with E-state index in [9.17, 15) is 4.79 Å². The molecule has 0 aliphatic heterocycles. The highest BCUT2D eigenvalue weighted by molar-refractivity contribution is 5.90. The number of rotatable bonds is 8. The Morgan fingerprint density at radius 2 is 1.91 bits per heavy atom. The number of anilines is 1. The minimum Gasteiger partial charge on any atom is -0.373 e. The molecule has 35 heavy (non-hydrogen) atoms. The SMILES string of the molecule is CNc1cc(-c2nc(C)n(CCN(C(=O)Cc3cccc4ccccc34)C3CCCC3)n2)ccn1. The lowest BCUT2D eigenvalue weighted by atomic mass is 10.0. The van der Waals surface area contributed by atoms with Crippen molar-refractivity contribution in [2.75, 3.05) is 18.9 Å². The summed E-state index contributed by atoms with van der Waals surface area (Å²) in [6, 6.07) is 18.7. The van der Waals surface area contributed by atoms with Gasteiger partial charge in [-0.3, -0.25) is 4.79 Å². The molecular formula is C28H32N6O. The molecule has 5 rings (SSSR count). The fraction of sp³-hybridized carbons (Fsp3) is 0.357. The van der Waals surface area contributed by atoms with Gasteiger partial charge in [0.2, 0.25) is 5.91 Å². The summed E-state index contributed by atoms with van der Waals surface area (Å²) in [6.45, 7) is 3.23. The van der Waals surface area contributed by atoms with Crippen LogP contribution in [0, 0.1) is 6.92 Å². The number of carbonyl (C=O) groups is 1. The second-order valence-electron chi connectivity index (χ2n) is 9.23. The van der Waals surface area contributed by atoms with Crippen molar-refractivity contribution in [3.05, 3.63) is 72.2 Å². The first kappa shape index (κ1) is 23.0. The second-order valence-corrected chi connectivity index (χ2v) is 9.23. The van der Waals surface area contributed by atoms with Crippen LogP contribution in [0.15, 0.2) is 60.8 Å². The van der Waals surface area contributed by atoms with Gasteiger partial charge < -0.3 is 10.2 Å². The lowest BCUT2D eigenvalue weighted by Crippen LogP contribution is -2.42. The van der Waals surface area contributed by atoms with Gasteiger partial charge in [0.25, 0.3) is 0 Å². The molecule has 180 valence electrons. The number of benzene rings is 2. The van der Waals surface area contributed by atoms with Crippen LogP contribution < -0.4 is 5.32 Å². The number of hydrogen-bond donors (Lipinski definition) is 1. The number of hydrogen-bond acceptors (Lipinski definition) is 5. The van der Waals surface area contributed by atoms with E-state index in [1.807, 2.05) is 49.0 Å². The summed E-state index contributed by atoms with van der Waals surface area (Å²) in [6.07, 6.45) is 6.70. The van der Waals surface area contributed by atoms with Gasteiger partial charge in [0, 0.05) is 31.4 Å². The number of nitrogens with zero attached hydrogens (tertiary/aromatic N) is 5. The van der Waals surface area contributed by atoms with E-state index in [0.29, 0.717) is 31.4 Å². The molecule has 0 spiro atoms. The normalized spacial score (nSPS) is 13.9. The number of aromatic nitrogens is 4. The molecule has 1 fully saturated rings. The van der Waals surface area contributed by atoms with E-state index in [1.54, 1.807) is 6.20 Å². The highest BCUT2D eigenvalue weighted by Gasteiger charge is 2.27. The molecule has 7 nitrogen and oxygen atoms in total. The van der Waals surface area contributed by atoms with Crippen LogP contribution in [0.1, 0.15) is 37.1 Å². The maximum atomic E-state index is 13.6. The van der Waals surface area contributed by atoms with Crippen LogP contribution in [0.4, 0.5) is 5.82 Å². The number of aryl methyl sites for hydroxylation is 1. The van der Waals surface area contributed by atoms with Gasteiger partial charge in [-0.25, -0.2) is 14.6 Å². The fourth-order valence-corrected chi connectivity index (χ4v) is 5.10. The lowest BCUT2D eigenvalue weighted by Gasteiger charge is -2.29. The van der Waals surface area contributed by atoms with Crippen molar-refractivity contribution >= 4 is 22.5 Å². The Morgan fingerprint density at radius 1 is 1.11 bits per heavy atom. The summed E-state index contributed by atoms with van der Waals surface area (Å²) in [5.74, 6) is 2.49. The van der Waals surface area contributed by atoms with Crippen LogP contribution in [0.3, 0.4) is 0 Å². The van der Waals surface area contributed by atoms with Gasteiger partial charge >= 0.3 is 0 Å². The topological polar surface area (TPSA) is 75.9 Å². The zero-order valence-electron chi connectivity index (χ0n) is 20.4. The Bertz CT molecular complexity index is 1320. The molecule has 7 heteroatoms. The van der Waals surface area contributed by atoms with Gasteiger partial charge in [-0.2, -0.15) is 5.10 Å². The molecule has 4 aromatic rings. The third-order valence-corrected chi connectivity index (χ3v) is 6.99. The Hall–Kier alpha value is -3.74. The van der Waals surface area contributed by atoms with Crippen LogP contribution in [0.25, 0.3) is 22.2 Å². The standard InChI is InChI=1S/C28H32N6O/c1-20-31-28(23-14-15-30-26(18-23)29-2)32-34(20)17-16-33(24-11-4-5-12-24)27(35)19-22-10-7-9-21-8-3-6-13-25(21)22/h3,6-10,13-15,18,24H,4-5,11-12,16-17,19H2,1-2H3,(H,29,30). The van der Waals surface area contributed by atoms with Crippen molar-refractivity contribution < 1.29 is 4.79 Å². The summed E-state index contributed by atoms with van der Waals surface area (Å²) in [4.78, 5) is 24.7. The van der Waals surface area contributed by atoms with Crippen LogP contribution in [0.5, 0.6) is 0 Å². The predicted molar refractivity (Wildman–Crippen MR) is 139 cm³/mol. The van der Waals surface area contributed by atoms with E-state index in [2.05, 4.69) is 44.5 Å². The summed E-state index contributed by atoms with van der Waals surface area (Å²) in [7, 11) is 1.84. The first-order chi connectivity index (χ1) is 17.1. The van der Waals surface area contributed by atoms with Crippen molar-refractivity contribution in [3.63, 3.8) is 0 Å². The van der Waals surface area contributed by atoms with E-state index in [1.165, 1.54) is 18.2 Å². The smallest absolute Gasteiger partial charge is 0.227 e. The quantitative estimate of drug-likeness (QED) is 0.400. The zero-order valence-corrected chi connectivity index (χ0v) is 20.4. The lowest BCUT2D eigenvalue weighted by molar-refractivity contribution is -0.132. The van der Waals surface area contributed by atoms with Crippen molar-refractivity contribution in [2.45, 2.75) is 51.6 Å². The minimum absolute atomic E-state index is 0.194. The Labute approximate surface area is 206 Å². The minimum atomic E-state index is 0.194. The molecule has 0 radical (unpaired) electrons. The van der Waals surface area contributed by atoms with E-state index in [4.69, 9.17) is 5.10 Å². The predicted octanol–water partition coefficient (Wildman–Crippen LogP) is 4.86. The summed E-state index contributed by atoms with van der Waals surface area (Å²) < 4.78 is 1.92. The highest BCUT2D eigenvalue weighted by Crippen LogP contribution is 2.26. The van der Waals surface area contributed by atoms with Crippen LogP contribution in [0.2, 0.25) is 0 Å². The molecule has 2 aromatic carbocycles. The number of carbonyl (C=O) groups excluding carboxylic acids is 1. The van der Waals surface area contributed by atoms with E-state index < -0.39 is 0 Å². The Kier molecular flexibility index (Phi) is 6.75. The second kappa shape index (κ2) is 10.3. The van der Waals surface area contributed by atoms with Gasteiger partial charge in [-0.15, -0.1) is 0 Å². The van der Waals surface area contributed by atoms with Gasteiger partial charge in [-0.1, -0.05) is 55.3 Å². The summed E-state index contributed by atoms with van der Waals surface area (Å²) in [5.41, 5.74) is 2.01. The number of fused-ring (bicyclic) bond motifs is 1. The largest absolute Gasteiger partial charge is 0.373 e. The molecule has 1 amide bonds. The van der Waals surface area contributed by atoms with Crippen molar-refractivity contribution in [3.8, 4) is 11.4 Å². The van der Waals surface area contributed by atoms with E-state index in [0.717, 1.165) is 41.0 Å².